The van der Waals surface area contributed by atoms with Gasteiger partial charge in [-0.15, -0.1) is 0 Å². The Labute approximate surface area is 126 Å². The van der Waals surface area contributed by atoms with E-state index in [-0.39, 0.29) is 10.7 Å². The first-order valence-electron chi connectivity index (χ1n) is 6.62. The molecule has 0 bridgehead atoms. The molecule has 1 N–H and O–H groups in total. The molecular formula is C16H13ClN2O2. The van der Waals surface area contributed by atoms with E-state index in [4.69, 9.17) is 11.6 Å². The smallest absolute Gasteiger partial charge is 0.340 e. The van der Waals surface area contributed by atoms with Crippen molar-refractivity contribution in [1.82, 2.24) is 9.78 Å². The van der Waals surface area contributed by atoms with Gasteiger partial charge in [0.05, 0.1) is 11.4 Å². The van der Waals surface area contributed by atoms with Crippen LogP contribution in [0.2, 0.25) is 5.15 Å². The maximum atomic E-state index is 11.4. The summed E-state index contributed by atoms with van der Waals surface area (Å²) in [7, 11) is 0. The number of aromatic carboxylic acids is 1. The van der Waals surface area contributed by atoms with Crippen molar-refractivity contribution in [3.05, 3.63) is 58.9 Å². The van der Waals surface area contributed by atoms with Crippen LogP contribution in [0.1, 0.15) is 23.0 Å². The zero-order valence-corrected chi connectivity index (χ0v) is 12.1. The molecule has 3 rings (SSSR count). The first-order valence-corrected chi connectivity index (χ1v) is 7.00. The van der Waals surface area contributed by atoms with Gasteiger partial charge in [0.1, 0.15) is 10.7 Å². The molecule has 1 heterocycles. The monoisotopic (exact) mass is 300 g/mol. The molecule has 2 aromatic carbocycles. The molecule has 0 saturated heterocycles. The van der Waals surface area contributed by atoms with Gasteiger partial charge in [0.25, 0.3) is 0 Å². The van der Waals surface area contributed by atoms with Crippen LogP contribution in [0.5, 0.6) is 0 Å². The zero-order valence-electron chi connectivity index (χ0n) is 11.4. The predicted molar refractivity (Wildman–Crippen MR) is 82.4 cm³/mol. The second-order valence-electron chi connectivity index (χ2n) is 4.68. The van der Waals surface area contributed by atoms with Crippen molar-refractivity contribution < 1.29 is 9.90 Å². The van der Waals surface area contributed by atoms with E-state index in [0.29, 0.717) is 12.1 Å². The van der Waals surface area contributed by atoms with Gasteiger partial charge in [-0.1, -0.05) is 54.9 Å². The summed E-state index contributed by atoms with van der Waals surface area (Å²) in [4.78, 5) is 11.4. The Morgan fingerprint density at radius 2 is 1.95 bits per heavy atom. The lowest BCUT2D eigenvalue weighted by Crippen LogP contribution is -2.00. The number of hydrogen-bond donors (Lipinski definition) is 1. The Hall–Kier alpha value is -2.33. The molecule has 5 heteroatoms. The minimum Gasteiger partial charge on any atom is -0.478 e. The highest BCUT2D eigenvalue weighted by molar-refractivity contribution is 6.33. The third-order valence-corrected chi connectivity index (χ3v) is 3.79. The summed E-state index contributed by atoms with van der Waals surface area (Å²) in [5.41, 5.74) is 1.34. The van der Waals surface area contributed by atoms with Crippen LogP contribution in [0, 0.1) is 0 Å². The van der Waals surface area contributed by atoms with Gasteiger partial charge in [-0.25, -0.2) is 9.48 Å². The van der Waals surface area contributed by atoms with Gasteiger partial charge in [0.2, 0.25) is 0 Å². The van der Waals surface area contributed by atoms with Crippen molar-refractivity contribution in [3.63, 3.8) is 0 Å². The summed E-state index contributed by atoms with van der Waals surface area (Å²) in [6.45, 7) is 1.86. The Kier molecular flexibility index (Phi) is 3.39. The molecule has 0 aliphatic carbocycles. The molecule has 4 nitrogen and oxygen atoms in total. The first-order chi connectivity index (χ1) is 10.1. The summed E-state index contributed by atoms with van der Waals surface area (Å²) in [6, 6.07) is 13.6. The van der Waals surface area contributed by atoms with Gasteiger partial charge in [-0.05, 0) is 17.9 Å². The second kappa shape index (κ2) is 5.22. The number of carboxylic acids is 1. The molecule has 0 aliphatic rings. The van der Waals surface area contributed by atoms with Gasteiger partial charge >= 0.3 is 5.97 Å². The fraction of sp³-hybridized carbons (Fsp3) is 0.125. The zero-order chi connectivity index (χ0) is 15.0. The molecule has 0 fully saturated rings. The van der Waals surface area contributed by atoms with Gasteiger partial charge < -0.3 is 5.11 Å². The van der Waals surface area contributed by atoms with Crippen LogP contribution in [0.3, 0.4) is 0 Å². The van der Waals surface area contributed by atoms with E-state index in [1.807, 2.05) is 49.4 Å². The maximum absolute atomic E-state index is 11.4. The number of halogens is 1. The van der Waals surface area contributed by atoms with Crippen LogP contribution in [0.25, 0.3) is 16.5 Å². The van der Waals surface area contributed by atoms with Crippen LogP contribution in [0.4, 0.5) is 0 Å². The summed E-state index contributed by atoms with van der Waals surface area (Å²) in [5.74, 6) is -1.05. The molecular weight excluding hydrogens is 288 g/mol. The topological polar surface area (TPSA) is 55.1 Å². The van der Waals surface area contributed by atoms with Gasteiger partial charge in [0.15, 0.2) is 0 Å². The van der Waals surface area contributed by atoms with Crippen molar-refractivity contribution in [2.45, 2.75) is 13.3 Å². The number of aryl methyl sites for hydroxylation is 1. The van der Waals surface area contributed by atoms with E-state index in [1.54, 1.807) is 0 Å². The highest BCUT2D eigenvalue weighted by Crippen LogP contribution is 2.28. The standard InChI is InChI=1S/C16H13ClN2O2/c1-2-12-14(16(20)21)15(17)19(18-12)13-9-5-7-10-6-3-4-8-11(10)13/h3-9H,2H2,1H3,(H,20,21). The molecule has 0 radical (unpaired) electrons. The number of carboxylic acid groups (broad SMARTS) is 1. The van der Waals surface area contributed by atoms with Crippen LogP contribution in [0.15, 0.2) is 42.5 Å². The SMILES string of the molecule is CCc1nn(-c2cccc3ccccc23)c(Cl)c1C(=O)O. The fourth-order valence-corrected chi connectivity index (χ4v) is 2.77. The van der Waals surface area contributed by atoms with Crippen molar-refractivity contribution in [2.75, 3.05) is 0 Å². The van der Waals surface area contributed by atoms with E-state index in [9.17, 15) is 9.90 Å². The fourth-order valence-electron chi connectivity index (χ4n) is 2.45. The van der Waals surface area contributed by atoms with Gasteiger partial charge in [0, 0.05) is 5.39 Å². The molecule has 0 saturated carbocycles. The Morgan fingerprint density at radius 1 is 1.24 bits per heavy atom. The molecule has 1 aromatic heterocycles. The third-order valence-electron chi connectivity index (χ3n) is 3.45. The van der Waals surface area contributed by atoms with E-state index < -0.39 is 5.97 Å². The van der Waals surface area contributed by atoms with Crippen LogP contribution < -0.4 is 0 Å². The predicted octanol–water partition coefficient (Wildman–Crippen LogP) is 3.94. The largest absolute Gasteiger partial charge is 0.478 e. The molecule has 21 heavy (non-hydrogen) atoms. The second-order valence-corrected chi connectivity index (χ2v) is 5.04. The molecule has 106 valence electrons. The number of aromatic nitrogens is 2. The van der Waals surface area contributed by atoms with Gasteiger partial charge in [-0.3, -0.25) is 0 Å². The highest BCUT2D eigenvalue weighted by Gasteiger charge is 2.22. The maximum Gasteiger partial charge on any atom is 0.340 e. The average Bonchev–Trinajstić information content (AvgIpc) is 2.83. The number of fused-ring (bicyclic) bond motifs is 1. The van der Waals surface area contributed by atoms with Crippen LogP contribution in [-0.4, -0.2) is 20.9 Å². The molecule has 0 amide bonds. The van der Waals surface area contributed by atoms with Gasteiger partial charge in [-0.2, -0.15) is 5.10 Å². The molecule has 0 unspecified atom stereocenters. The third kappa shape index (κ3) is 2.17. The highest BCUT2D eigenvalue weighted by atomic mass is 35.5. The van der Waals surface area contributed by atoms with Crippen molar-refractivity contribution in [1.29, 1.82) is 0 Å². The normalized spacial score (nSPS) is 11.0. The lowest BCUT2D eigenvalue weighted by Gasteiger charge is -2.07. The lowest BCUT2D eigenvalue weighted by molar-refractivity contribution is 0.0696. The van der Waals surface area contributed by atoms with Crippen molar-refractivity contribution in [2.24, 2.45) is 0 Å². The Bertz CT molecular complexity index is 834. The summed E-state index contributed by atoms with van der Waals surface area (Å²) < 4.78 is 1.51. The molecule has 0 atom stereocenters. The average molecular weight is 301 g/mol. The minimum absolute atomic E-state index is 0.0760. The van der Waals surface area contributed by atoms with Crippen molar-refractivity contribution >= 4 is 28.3 Å². The summed E-state index contributed by atoms with van der Waals surface area (Å²) in [5, 5.41) is 15.9. The number of rotatable bonds is 3. The van der Waals surface area contributed by atoms with Crippen LogP contribution in [-0.2, 0) is 6.42 Å². The van der Waals surface area contributed by atoms with Crippen LogP contribution >= 0.6 is 11.6 Å². The molecule has 0 spiro atoms. The quantitative estimate of drug-likeness (QED) is 0.797. The molecule has 3 aromatic rings. The summed E-state index contributed by atoms with van der Waals surface area (Å²) >= 11 is 6.26. The number of benzene rings is 2. The Balaban J connectivity index is 2.31. The van der Waals surface area contributed by atoms with E-state index >= 15 is 0 Å². The summed E-state index contributed by atoms with van der Waals surface area (Å²) in [6.07, 6.45) is 0.513. The Morgan fingerprint density at radius 3 is 2.62 bits per heavy atom. The number of hydrogen-bond acceptors (Lipinski definition) is 2. The minimum atomic E-state index is -1.05. The van der Waals surface area contributed by atoms with E-state index in [0.717, 1.165) is 16.5 Å². The first kappa shape index (κ1) is 13.6. The molecule has 0 aliphatic heterocycles. The number of carbonyl (C=O) groups is 1. The van der Waals surface area contributed by atoms with E-state index in [2.05, 4.69) is 5.10 Å². The lowest BCUT2D eigenvalue weighted by atomic mass is 10.1. The van der Waals surface area contributed by atoms with E-state index in [1.165, 1.54) is 4.68 Å². The number of nitrogens with zero attached hydrogens (tertiary/aromatic N) is 2. The van der Waals surface area contributed by atoms with Crippen molar-refractivity contribution in [3.8, 4) is 5.69 Å².